The number of aryl methyl sites for hydroxylation is 2. The molecule has 9 nitrogen and oxygen atoms in total. The summed E-state index contributed by atoms with van der Waals surface area (Å²) in [7, 11) is -1.93. The Morgan fingerprint density at radius 2 is 1.90 bits per heavy atom. The van der Waals surface area contributed by atoms with Crippen molar-refractivity contribution in [3.63, 3.8) is 0 Å². The number of hydrogen-bond donors (Lipinski definition) is 2. The highest BCUT2D eigenvalue weighted by molar-refractivity contribution is 7.89. The first kappa shape index (κ1) is 22.3. The number of amides is 1. The molecule has 0 radical (unpaired) electrons. The maximum absolute atomic E-state index is 12.4. The Balaban J connectivity index is 2.03. The normalized spacial score (nSPS) is 12.3. The second kappa shape index (κ2) is 9.01. The van der Waals surface area contributed by atoms with Crippen LogP contribution in [0.1, 0.15) is 28.7 Å². The van der Waals surface area contributed by atoms with Gasteiger partial charge in [-0.05, 0) is 45.0 Å². The quantitative estimate of drug-likeness (QED) is 0.495. The minimum atomic E-state index is -3.69. The van der Waals surface area contributed by atoms with Crippen molar-refractivity contribution < 1.29 is 22.7 Å². The molecular weight excluding hydrogens is 396 g/mol. The molecule has 0 unspecified atom stereocenters. The Morgan fingerprint density at radius 3 is 2.41 bits per heavy atom. The smallest absolute Gasteiger partial charge is 0.338 e. The highest BCUT2D eigenvalue weighted by atomic mass is 32.2. The zero-order chi connectivity index (χ0) is 21.8. The summed E-state index contributed by atoms with van der Waals surface area (Å²) < 4.78 is 33.2. The molecule has 1 amide bonds. The number of esters is 1. The molecule has 0 aliphatic carbocycles. The molecule has 1 aromatic heterocycles. The Kier molecular flexibility index (Phi) is 6.93. The predicted octanol–water partition coefficient (Wildman–Crippen LogP) is 1.69. The van der Waals surface area contributed by atoms with Crippen LogP contribution in [-0.2, 0) is 26.6 Å². The van der Waals surface area contributed by atoms with Crippen LogP contribution < -0.4 is 10.0 Å². The van der Waals surface area contributed by atoms with E-state index < -0.39 is 28.0 Å². The number of hydrogen-bond acceptors (Lipinski definition) is 6. The minimum absolute atomic E-state index is 0.00391. The summed E-state index contributed by atoms with van der Waals surface area (Å²) >= 11 is 0. The summed E-state index contributed by atoms with van der Waals surface area (Å²) in [6.07, 6.45) is 0.365. The van der Waals surface area contributed by atoms with Gasteiger partial charge in [-0.15, -0.1) is 6.58 Å². The number of carbonyl (C=O) groups excluding carboxylic acids is 2. The lowest BCUT2D eigenvalue weighted by Crippen LogP contribution is -2.30. The second-order valence-corrected chi connectivity index (χ2v) is 8.14. The number of anilines is 1. The topological polar surface area (TPSA) is 119 Å². The number of nitrogens with one attached hydrogen (secondary N) is 2. The molecule has 0 aliphatic rings. The van der Waals surface area contributed by atoms with E-state index in [1.165, 1.54) is 37.3 Å². The van der Waals surface area contributed by atoms with Crippen molar-refractivity contribution in [2.24, 2.45) is 7.05 Å². The zero-order valence-corrected chi connectivity index (χ0v) is 17.5. The predicted molar refractivity (Wildman–Crippen MR) is 108 cm³/mol. The van der Waals surface area contributed by atoms with Crippen LogP contribution in [0.4, 0.5) is 5.69 Å². The molecule has 1 aromatic carbocycles. The number of rotatable bonds is 8. The van der Waals surface area contributed by atoms with E-state index in [1.807, 2.05) is 6.92 Å². The average Bonchev–Trinajstić information content (AvgIpc) is 2.92. The molecule has 0 bridgehead atoms. The van der Waals surface area contributed by atoms with E-state index in [4.69, 9.17) is 4.74 Å². The van der Waals surface area contributed by atoms with Gasteiger partial charge >= 0.3 is 5.97 Å². The molecule has 1 atom stereocenters. The lowest BCUT2D eigenvalue weighted by atomic mass is 10.2. The van der Waals surface area contributed by atoms with E-state index in [-0.39, 0.29) is 17.0 Å². The molecule has 0 spiro atoms. The molecule has 156 valence electrons. The molecule has 0 aliphatic heterocycles. The van der Waals surface area contributed by atoms with Gasteiger partial charge in [-0.2, -0.15) is 5.10 Å². The molecule has 29 heavy (non-hydrogen) atoms. The van der Waals surface area contributed by atoms with Crippen molar-refractivity contribution in [3.05, 3.63) is 53.9 Å². The van der Waals surface area contributed by atoms with E-state index in [0.29, 0.717) is 11.4 Å². The molecule has 2 aromatic rings. The Morgan fingerprint density at radius 1 is 1.28 bits per heavy atom. The lowest BCUT2D eigenvalue weighted by molar-refractivity contribution is -0.123. The largest absolute Gasteiger partial charge is 0.449 e. The van der Waals surface area contributed by atoms with Crippen molar-refractivity contribution in [3.8, 4) is 0 Å². The van der Waals surface area contributed by atoms with Crippen molar-refractivity contribution in [2.75, 3.05) is 11.9 Å². The van der Waals surface area contributed by atoms with E-state index in [9.17, 15) is 18.0 Å². The van der Waals surface area contributed by atoms with Crippen LogP contribution >= 0.6 is 0 Å². The summed E-state index contributed by atoms with van der Waals surface area (Å²) in [6.45, 7) is 8.56. The van der Waals surface area contributed by atoms with Gasteiger partial charge in [0.1, 0.15) is 0 Å². The monoisotopic (exact) mass is 420 g/mol. The van der Waals surface area contributed by atoms with Gasteiger partial charge in [-0.1, -0.05) is 6.08 Å². The van der Waals surface area contributed by atoms with E-state index in [0.717, 1.165) is 5.69 Å². The molecule has 2 N–H and O–H groups in total. The van der Waals surface area contributed by atoms with Crippen LogP contribution in [0.15, 0.2) is 41.8 Å². The highest BCUT2D eigenvalue weighted by Crippen LogP contribution is 2.19. The van der Waals surface area contributed by atoms with Gasteiger partial charge in [0, 0.05) is 13.6 Å². The van der Waals surface area contributed by atoms with E-state index >= 15 is 0 Å². The summed E-state index contributed by atoms with van der Waals surface area (Å²) in [5, 5.41) is 6.92. The summed E-state index contributed by atoms with van der Waals surface area (Å²) in [6, 6.07) is 5.22. The molecule has 1 heterocycles. The fourth-order valence-corrected chi connectivity index (χ4v) is 3.48. The number of ether oxygens (including phenoxy) is 1. The van der Waals surface area contributed by atoms with Crippen LogP contribution in [0.2, 0.25) is 0 Å². The molecule has 2 rings (SSSR count). The number of carbonyl (C=O) groups is 2. The van der Waals surface area contributed by atoms with Crippen molar-refractivity contribution >= 4 is 27.6 Å². The molecule has 10 heteroatoms. The Hall–Kier alpha value is -2.98. The molecule has 0 fully saturated rings. The van der Waals surface area contributed by atoms with E-state index in [2.05, 4.69) is 21.7 Å². The highest BCUT2D eigenvalue weighted by Gasteiger charge is 2.22. The van der Waals surface area contributed by atoms with Crippen molar-refractivity contribution in [1.29, 1.82) is 0 Å². The van der Waals surface area contributed by atoms with Crippen LogP contribution in [0.3, 0.4) is 0 Å². The minimum Gasteiger partial charge on any atom is -0.449 e. The first-order valence-corrected chi connectivity index (χ1v) is 10.3. The van der Waals surface area contributed by atoms with Gasteiger partial charge in [-0.25, -0.2) is 17.9 Å². The van der Waals surface area contributed by atoms with Crippen LogP contribution in [-0.4, -0.2) is 42.7 Å². The van der Waals surface area contributed by atoms with Gasteiger partial charge in [0.05, 0.1) is 27.5 Å². The lowest BCUT2D eigenvalue weighted by Gasteiger charge is -2.14. The first-order chi connectivity index (χ1) is 13.6. The maximum Gasteiger partial charge on any atom is 0.338 e. The Labute approximate surface area is 169 Å². The molecule has 0 saturated carbocycles. The van der Waals surface area contributed by atoms with Gasteiger partial charge in [0.15, 0.2) is 6.10 Å². The number of aromatic nitrogens is 2. The standard InChI is InChI=1S/C19H24N4O5S/c1-6-11-20-29(26,27)16-9-7-15(8-10-16)19(25)28-14(4)18(24)21-17-12(2)22-23(5)13(17)3/h6-10,14,20H,1,11H2,2-5H3,(H,21,24)/t14-/m0/s1. The third-order valence-electron chi connectivity index (χ3n) is 4.23. The maximum atomic E-state index is 12.4. The van der Waals surface area contributed by atoms with Gasteiger partial charge in [0.25, 0.3) is 5.91 Å². The molecular formula is C19H24N4O5S. The van der Waals surface area contributed by atoms with Crippen LogP contribution in [0.5, 0.6) is 0 Å². The number of sulfonamides is 1. The average molecular weight is 420 g/mol. The van der Waals surface area contributed by atoms with Crippen molar-refractivity contribution in [2.45, 2.75) is 31.8 Å². The zero-order valence-electron chi connectivity index (χ0n) is 16.7. The number of benzene rings is 1. The van der Waals surface area contributed by atoms with E-state index in [1.54, 1.807) is 18.7 Å². The fourth-order valence-electron chi connectivity index (χ4n) is 2.48. The van der Waals surface area contributed by atoms with Gasteiger partial charge < -0.3 is 10.1 Å². The third-order valence-corrected chi connectivity index (χ3v) is 5.67. The second-order valence-electron chi connectivity index (χ2n) is 6.37. The van der Waals surface area contributed by atoms with Gasteiger partial charge in [-0.3, -0.25) is 9.48 Å². The summed E-state index contributed by atoms with van der Waals surface area (Å²) in [5.41, 5.74) is 2.12. The van der Waals surface area contributed by atoms with Crippen LogP contribution in [0.25, 0.3) is 0 Å². The fraction of sp³-hybridized carbons (Fsp3) is 0.316. The summed E-state index contributed by atoms with van der Waals surface area (Å²) in [5.74, 6) is -1.24. The van der Waals surface area contributed by atoms with Crippen molar-refractivity contribution in [1.82, 2.24) is 14.5 Å². The molecule has 0 saturated heterocycles. The van der Waals surface area contributed by atoms with Gasteiger partial charge in [0.2, 0.25) is 10.0 Å². The first-order valence-electron chi connectivity index (χ1n) is 8.79. The Bertz CT molecular complexity index is 1030. The number of nitrogens with zero attached hydrogens (tertiary/aromatic N) is 2. The van der Waals surface area contributed by atoms with Crippen LogP contribution in [0, 0.1) is 13.8 Å². The SMILES string of the molecule is C=CCNS(=O)(=O)c1ccc(C(=O)O[C@@H](C)C(=O)Nc2c(C)nn(C)c2C)cc1. The summed E-state index contributed by atoms with van der Waals surface area (Å²) in [4.78, 5) is 24.6. The third kappa shape index (κ3) is 5.30.